The summed E-state index contributed by atoms with van der Waals surface area (Å²) in [5, 5.41) is 9.21. The fraction of sp³-hybridized carbons (Fsp3) is 0.571. The van der Waals surface area contributed by atoms with E-state index in [-0.39, 0.29) is 6.04 Å². The number of pyridine rings is 1. The van der Waals surface area contributed by atoms with Gasteiger partial charge in [0.25, 0.3) is 0 Å². The third-order valence-corrected chi connectivity index (χ3v) is 4.12. The van der Waals surface area contributed by atoms with Crippen molar-refractivity contribution >= 4 is 21.7 Å². The monoisotopic (exact) mass is 322 g/mol. The van der Waals surface area contributed by atoms with E-state index in [1.165, 1.54) is 0 Å². The zero-order valence-electron chi connectivity index (χ0n) is 11.2. The van der Waals surface area contributed by atoms with Gasteiger partial charge in [-0.15, -0.1) is 0 Å². The van der Waals surface area contributed by atoms with Crippen molar-refractivity contribution in [2.75, 3.05) is 31.1 Å². The molecule has 0 N–H and O–H groups in total. The smallest absolute Gasteiger partial charge is 0.142 e. The van der Waals surface area contributed by atoms with Gasteiger partial charge in [-0.1, -0.05) is 13.3 Å². The number of nitriles is 1. The van der Waals surface area contributed by atoms with Gasteiger partial charge in [0.1, 0.15) is 5.82 Å². The van der Waals surface area contributed by atoms with Crippen LogP contribution in [-0.4, -0.2) is 42.1 Å². The summed E-state index contributed by atoms with van der Waals surface area (Å²) in [6.45, 7) is 5.85. The zero-order valence-corrected chi connectivity index (χ0v) is 12.8. The van der Waals surface area contributed by atoms with Crippen LogP contribution >= 0.6 is 15.9 Å². The van der Waals surface area contributed by atoms with Gasteiger partial charge in [0, 0.05) is 32.4 Å². The second kappa shape index (κ2) is 6.88. The molecule has 1 aromatic rings. The van der Waals surface area contributed by atoms with Crippen molar-refractivity contribution in [2.45, 2.75) is 25.8 Å². The van der Waals surface area contributed by atoms with Gasteiger partial charge in [-0.2, -0.15) is 5.26 Å². The molecule has 1 unspecified atom stereocenters. The van der Waals surface area contributed by atoms with Crippen molar-refractivity contribution in [1.82, 2.24) is 9.88 Å². The first-order chi connectivity index (χ1) is 9.26. The molecule has 2 heterocycles. The van der Waals surface area contributed by atoms with E-state index >= 15 is 0 Å². The Morgan fingerprint density at radius 1 is 1.42 bits per heavy atom. The molecule has 0 aliphatic carbocycles. The Balaban J connectivity index is 1.96. The lowest BCUT2D eigenvalue weighted by molar-refractivity contribution is 0.211. The molecule has 0 saturated carbocycles. The maximum atomic E-state index is 9.21. The molecule has 1 fully saturated rings. The molecule has 0 bridgehead atoms. The van der Waals surface area contributed by atoms with Gasteiger partial charge < -0.3 is 4.90 Å². The molecular formula is C14H19BrN4. The first kappa shape index (κ1) is 14.3. The number of halogens is 1. The summed E-state index contributed by atoms with van der Waals surface area (Å²) in [4.78, 5) is 8.99. The lowest BCUT2D eigenvalue weighted by atomic mass is 10.1. The Morgan fingerprint density at radius 3 is 2.74 bits per heavy atom. The molecule has 0 amide bonds. The van der Waals surface area contributed by atoms with Crippen LogP contribution in [0, 0.1) is 11.3 Å². The van der Waals surface area contributed by atoms with E-state index in [1.54, 1.807) is 0 Å². The van der Waals surface area contributed by atoms with Crippen molar-refractivity contribution in [3.8, 4) is 6.07 Å². The zero-order chi connectivity index (χ0) is 13.7. The van der Waals surface area contributed by atoms with Crippen LogP contribution in [0.1, 0.15) is 19.8 Å². The minimum absolute atomic E-state index is 0.0688. The number of rotatable bonds is 4. The predicted molar refractivity (Wildman–Crippen MR) is 80.0 cm³/mol. The summed E-state index contributed by atoms with van der Waals surface area (Å²) >= 11 is 3.54. The molecule has 1 aliphatic heterocycles. The molecule has 5 heteroatoms. The van der Waals surface area contributed by atoms with Crippen LogP contribution in [0.25, 0.3) is 0 Å². The standard InChI is InChI=1S/C14H19BrN4/c1-2-4-12(11-16)18-7-9-19(10-8-18)14-13(15)5-3-6-17-14/h3,5-6,12H,2,4,7-10H2,1H3. The fourth-order valence-electron chi connectivity index (χ4n) is 2.46. The van der Waals surface area contributed by atoms with Crippen molar-refractivity contribution in [2.24, 2.45) is 0 Å². The summed E-state index contributed by atoms with van der Waals surface area (Å²) < 4.78 is 1.04. The van der Waals surface area contributed by atoms with Crippen LogP contribution < -0.4 is 4.90 Å². The molecule has 2 rings (SSSR count). The average molecular weight is 323 g/mol. The number of anilines is 1. The van der Waals surface area contributed by atoms with E-state index in [0.29, 0.717) is 0 Å². The molecule has 4 nitrogen and oxygen atoms in total. The highest BCUT2D eigenvalue weighted by molar-refractivity contribution is 9.10. The number of piperazine rings is 1. The summed E-state index contributed by atoms with van der Waals surface area (Å²) in [5.74, 6) is 1.01. The molecular weight excluding hydrogens is 304 g/mol. The maximum Gasteiger partial charge on any atom is 0.142 e. The van der Waals surface area contributed by atoms with Crippen LogP contribution in [0.5, 0.6) is 0 Å². The Morgan fingerprint density at radius 2 is 2.16 bits per heavy atom. The van der Waals surface area contributed by atoms with E-state index < -0.39 is 0 Å². The van der Waals surface area contributed by atoms with E-state index in [4.69, 9.17) is 0 Å². The summed E-state index contributed by atoms with van der Waals surface area (Å²) in [5.41, 5.74) is 0. The van der Waals surface area contributed by atoms with E-state index in [1.807, 2.05) is 18.3 Å². The van der Waals surface area contributed by atoms with Gasteiger partial charge in [-0.05, 0) is 34.5 Å². The molecule has 1 aliphatic rings. The van der Waals surface area contributed by atoms with Crippen molar-refractivity contribution < 1.29 is 0 Å². The molecule has 0 spiro atoms. The van der Waals surface area contributed by atoms with Gasteiger partial charge in [0.15, 0.2) is 0 Å². The van der Waals surface area contributed by atoms with Crippen LogP contribution in [0.2, 0.25) is 0 Å². The Bertz CT molecular complexity index is 449. The van der Waals surface area contributed by atoms with Crippen LogP contribution in [0.3, 0.4) is 0 Å². The SMILES string of the molecule is CCCC(C#N)N1CCN(c2ncccc2Br)CC1. The summed E-state index contributed by atoms with van der Waals surface area (Å²) in [7, 11) is 0. The molecule has 19 heavy (non-hydrogen) atoms. The molecule has 1 saturated heterocycles. The highest BCUT2D eigenvalue weighted by Crippen LogP contribution is 2.24. The lowest BCUT2D eigenvalue weighted by Gasteiger charge is -2.37. The second-order valence-corrected chi connectivity index (χ2v) is 5.62. The first-order valence-corrected chi connectivity index (χ1v) is 7.54. The van der Waals surface area contributed by atoms with Crippen molar-refractivity contribution in [3.05, 3.63) is 22.8 Å². The number of hydrogen-bond donors (Lipinski definition) is 0. The van der Waals surface area contributed by atoms with Gasteiger partial charge in [-0.3, -0.25) is 4.90 Å². The Labute approximate surface area is 123 Å². The van der Waals surface area contributed by atoms with Crippen molar-refractivity contribution in [3.63, 3.8) is 0 Å². The highest BCUT2D eigenvalue weighted by atomic mass is 79.9. The topological polar surface area (TPSA) is 43.2 Å². The largest absolute Gasteiger partial charge is 0.353 e. The first-order valence-electron chi connectivity index (χ1n) is 6.75. The second-order valence-electron chi connectivity index (χ2n) is 4.77. The van der Waals surface area contributed by atoms with Crippen LogP contribution in [0.15, 0.2) is 22.8 Å². The third-order valence-electron chi connectivity index (χ3n) is 3.50. The third kappa shape index (κ3) is 3.46. The fourth-order valence-corrected chi connectivity index (χ4v) is 2.96. The van der Waals surface area contributed by atoms with E-state index in [9.17, 15) is 5.26 Å². The lowest BCUT2D eigenvalue weighted by Crippen LogP contribution is -2.50. The number of aromatic nitrogens is 1. The van der Waals surface area contributed by atoms with Crippen LogP contribution in [-0.2, 0) is 0 Å². The summed E-state index contributed by atoms with van der Waals surface area (Å²) in [6, 6.07) is 6.44. The van der Waals surface area contributed by atoms with E-state index in [0.717, 1.165) is 49.3 Å². The number of hydrogen-bond acceptors (Lipinski definition) is 4. The molecule has 102 valence electrons. The Kier molecular flexibility index (Phi) is 5.17. The maximum absolute atomic E-state index is 9.21. The van der Waals surface area contributed by atoms with Gasteiger partial charge >= 0.3 is 0 Å². The van der Waals surface area contributed by atoms with E-state index in [2.05, 4.69) is 43.7 Å². The van der Waals surface area contributed by atoms with Crippen molar-refractivity contribution in [1.29, 1.82) is 5.26 Å². The van der Waals surface area contributed by atoms with Gasteiger partial charge in [0.2, 0.25) is 0 Å². The average Bonchev–Trinajstić information content (AvgIpc) is 2.46. The highest BCUT2D eigenvalue weighted by Gasteiger charge is 2.24. The quantitative estimate of drug-likeness (QED) is 0.854. The number of nitrogens with zero attached hydrogens (tertiary/aromatic N) is 4. The summed E-state index contributed by atoms with van der Waals surface area (Å²) in [6.07, 6.45) is 3.84. The molecule has 0 radical (unpaired) electrons. The predicted octanol–water partition coefficient (Wildman–Crippen LogP) is 2.66. The molecule has 1 atom stereocenters. The molecule has 1 aromatic heterocycles. The normalized spacial score (nSPS) is 18.1. The van der Waals surface area contributed by atoms with Gasteiger partial charge in [-0.25, -0.2) is 4.98 Å². The van der Waals surface area contributed by atoms with Crippen LogP contribution in [0.4, 0.5) is 5.82 Å². The van der Waals surface area contributed by atoms with Gasteiger partial charge in [0.05, 0.1) is 16.6 Å². The minimum atomic E-state index is 0.0688. The minimum Gasteiger partial charge on any atom is -0.353 e. The molecule has 0 aromatic carbocycles. The Hall–Kier alpha value is -1.12.